The van der Waals surface area contributed by atoms with E-state index in [4.69, 9.17) is 17.3 Å². The third kappa shape index (κ3) is 3.17. The molecular weight excluding hydrogens is 238 g/mol. The van der Waals surface area contributed by atoms with Crippen molar-refractivity contribution in [2.24, 2.45) is 11.7 Å². The zero-order chi connectivity index (χ0) is 12.3. The average Bonchev–Trinajstić information content (AvgIpc) is 2.33. The van der Waals surface area contributed by atoms with Crippen LogP contribution in [-0.2, 0) is 4.79 Å². The number of carbonyl (C=O) groups excluding carboxylic acids is 1. The van der Waals surface area contributed by atoms with E-state index in [2.05, 4.69) is 10.3 Å². The van der Waals surface area contributed by atoms with Crippen molar-refractivity contribution in [1.82, 2.24) is 4.98 Å². The highest BCUT2D eigenvalue weighted by molar-refractivity contribution is 6.33. The monoisotopic (exact) mass is 253 g/mol. The van der Waals surface area contributed by atoms with Crippen molar-refractivity contribution >= 4 is 23.2 Å². The number of nitrogens with one attached hydrogen (secondary N) is 1. The minimum absolute atomic E-state index is 0.0202. The lowest BCUT2D eigenvalue weighted by molar-refractivity contribution is -0.120. The van der Waals surface area contributed by atoms with E-state index >= 15 is 0 Å². The molecule has 0 bridgehead atoms. The van der Waals surface area contributed by atoms with Crippen molar-refractivity contribution in [3.05, 3.63) is 23.5 Å². The van der Waals surface area contributed by atoms with Crippen LogP contribution < -0.4 is 11.1 Å². The summed E-state index contributed by atoms with van der Waals surface area (Å²) in [4.78, 5) is 15.9. The number of halogens is 1. The third-order valence-electron chi connectivity index (χ3n) is 3.17. The van der Waals surface area contributed by atoms with Crippen molar-refractivity contribution in [2.45, 2.75) is 31.7 Å². The lowest BCUT2D eigenvalue weighted by Crippen LogP contribution is -2.32. The Kier molecular flexibility index (Phi) is 3.97. The molecule has 3 N–H and O–H groups in total. The third-order valence-corrected chi connectivity index (χ3v) is 3.50. The van der Waals surface area contributed by atoms with Crippen LogP contribution in [0.4, 0.5) is 5.69 Å². The maximum absolute atomic E-state index is 12.0. The van der Waals surface area contributed by atoms with Crippen molar-refractivity contribution in [2.75, 3.05) is 5.32 Å². The molecule has 0 aliphatic heterocycles. The standard InChI is InChI=1S/C12H16ClN3O/c13-10-5-6-15-7-11(10)16-12(17)8-1-3-9(14)4-2-8/h5-9H,1-4,14H2,(H,16,17)/t8-,9-. The topological polar surface area (TPSA) is 68.0 Å². The van der Waals surface area contributed by atoms with Gasteiger partial charge >= 0.3 is 0 Å². The van der Waals surface area contributed by atoms with Gasteiger partial charge < -0.3 is 11.1 Å². The summed E-state index contributed by atoms with van der Waals surface area (Å²) in [7, 11) is 0. The number of carbonyl (C=O) groups is 1. The van der Waals surface area contributed by atoms with Crippen LogP contribution in [0.25, 0.3) is 0 Å². The summed E-state index contributed by atoms with van der Waals surface area (Å²) in [6.45, 7) is 0. The van der Waals surface area contributed by atoms with Crippen LogP contribution >= 0.6 is 11.6 Å². The minimum Gasteiger partial charge on any atom is -0.328 e. The molecule has 0 radical (unpaired) electrons. The Hall–Kier alpha value is -1.13. The van der Waals surface area contributed by atoms with Crippen molar-refractivity contribution in [3.63, 3.8) is 0 Å². The van der Waals surface area contributed by atoms with Gasteiger partial charge in [-0.15, -0.1) is 0 Å². The first kappa shape index (κ1) is 12.3. The van der Waals surface area contributed by atoms with E-state index in [1.165, 1.54) is 0 Å². The molecule has 1 heterocycles. The summed E-state index contributed by atoms with van der Waals surface area (Å²) < 4.78 is 0. The summed E-state index contributed by atoms with van der Waals surface area (Å²) in [6.07, 6.45) is 6.69. The Morgan fingerprint density at radius 1 is 1.41 bits per heavy atom. The highest BCUT2D eigenvalue weighted by Gasteiger charge is 2.24. The quantitative estimate of drug-likeness (QED) is 0.849. The van der Waals surface area contributed by atoms with Crippen molar-refractivity contribution in [3.8, 4) is 0 Å². The van der Waals surface area contributed by atoms with E-state index in [0.29, 0.717) is 10.7 Å². The molecule has 0 aromatic carbocycles. The molecule has 17 heavy (non-hydrogen) atoms. The number of pyridine rings is 1. The Morgan fingerprint density at radius 3 is 2.76 bits per heavy atom. The van der Waals surface area contributed by atoms with Crippen LogP contribution in [0.2, 0.25) is 5.02 Å². The summed E-state index contributed by atoms with van der Waals surface area (Å²) in [5.41, 5.74) is 6.39. The first-order valence-corrected chi connectivity index (χ1v) is 6.20. The molecule has 0 spiro atoms. The van der Waals surface area contributed by atoms with Gasteiger partial charge in [0.25, 0.3) is 0 Å². The fourth-order valence-electron chi connectivity index (χ4n) is 2.09. The predicted octanol–water partition coefficient (Wildman–Crippen LogP) is 2.19. The molecule has 0 saturated heterocycles. The predicted molar refractivity (Wildman–Crippen MR) is 67.8 cm³/mol. The van der Waals surface area contributed by atoms with Crippen molar-refractivity contribution in [1.29, 1.82) is 0 Å². The molecule has 1 saturated carbocycles. The smallest absolute Gasteiger partial charge is 0.227 e. The number of hydrogen-bond acceptors (Lipinski definition) is 3. The molecule has 0 unspecified atom stereocenters. The number of nitrogens with zero attached hydrogens (tertiary/aromatic N) is 1. The van der Waals surface area contributed by atoms with Gasteiger partial charge in [-0.2, -0.15) is 0 Å². The lowest BCUT2D eigenvalue weighted by atomic mass is 9.86. The van der Waals surface area contributed by atoms with E-state index in [-0.39, 0.29) is 17.9 Å². The zero-order valence-corrected chi connectivity index (χ0v) is 10.3. The zero-order valence-electron chi connectivity index (χ0n) is 9.53. The molecule has 1 aromatic rings. The molecule has 4 nitrogen and oxygen atoms in total. The van der Waals surface area contributed by atoms with Crippen LogP contribution in [0, 0.1) is 5.92 Å². The lowest BCUT2D eigenvalue weighted by Gasteiger charge is -2.25. The first-order valence-electron chi connectivity index (χ1n) is 5.83. The Morgan fingerprint density at radius 2 is 2.12 bits per heavy atom. The van der Waals surface area contributed by atoms with Crippen LogP contribution in [0.5, 0.6) is 0 Å². The Balaban J connectivity index is 1.95. The average molecular weight is 254 g/mol. The normalized spacial score (nSPS) is 24.4. The Bertz CT molecular complexity index is 402. The molecule has 1 aliphatic rings. The molecule has 5 heteroatoms. The van der Waals surface area contributed by atoms with Crippen LogP contribution in [0.3, 0.4) is 0 Å². The number of nitrogens with two attached hydrogens (primary N) is 1. The maximum atomic E-state index is 12.0. The van der Waals surface area contributed by atoms with Gasteiger partial charge in [-0.25, -0.2) is 0 Å². The second-order valence-electron chi connectivity index (χ2n) is 4.46. The molecule has 1 aromatic heterocycles. The number of anilines is 1. The summed E-state index contributed by atoms with van der Waals surface area (Å²) in [5.74, 6) is 0.0675. The van der Waals surface area contributed by atoms with Gasteiger partial charge in [0.2, 0.25) is 5.91 Å². The second kappa shape index (κ2) is 5.47. The molecule has 92 valence electrons. The second-order valence-corrected chi connectivity index (χ2v) is 4.86. The number of rotatable bonds is 2. The van der Waals surface area contributed by atoms with E-state index < -0.39 is 0 Å². The molecular formula is C12H16ClN3O. The van der Waals surface area contributed by atoms with E-state index in [1.54, 1.807) is 18.5 Å². The van der Waals surface area contributed by atoms with E-state index in [0.717, 1.165) is 25.7 Å². The highest BCUT2D eigenvalue weighted by Crippen LogP contribution is 2.26. The van der Waals surface area contributed by atoms with Gasteiger partial charge in [0.1, 0.15) is 0 Å². The summed E-state index contributed by atoms with van der Waals surface area (Å²) >= 11 is 5.96. The van der Waals surface area contributed by atoms with Gasteiger partial charge in [-0.05, 0) is 31.7 Å². The molecule has 2 rings (SSSR count). The largest absolute Gasteiger partial charge is 0.328 e. The number of amides is 1. The molecule has 1 aliphatic carbocycles. The van der Waals surface area contributed by atoms with Crippen LogP contribution in [0.1, 0.15) is 25.7 Å². The van der Waals surface area contributed by atoms with Crippen LogP contribution in [-0.4, -0.2) is 16.9 Å². The summed E-state index contributed by atoms with van der Waals surface area (Å²) in [6, 6.07) is 1.91. The number of aromatic nitrogens is 1. The van der Waals surface area contributed by atoms with E-state index in [1.807, 2.05) is 0 Å². The first-order chi connectivity index (χ1) is 8.16. The highest BCUT2D eigenvalue weighted by atomic mass is 35.5. The molecule has 1 fully saturated rings. The summed E-state index contributed by atoms with van der Waals surface area (Å²) in [5, 5.41) is 3.34. The number of hydrogen-bond donors (Lipinski definition) is 2. The minimum atomic E-state index is 0.0202. The fraction of sp³-hybridized carbons (Fsp3) is 0.500. The van der Waals surface area contributed by atoms with Gasteiger partial charge in [0.05, 0.1) is 16.9 Å². The van der Waals surface area contributed by atoms with Gasteiger partial charge in [-0.3, -0.25) is 9.78 Å². The van der Waals surface area contributed by atoms with Gasteiger partial charge in [0.15, 0.2) is 0 Å². The van der Waals surface area contributed by atoms with Crippen molar-refractivity contribution < 1.29 is 4.79 Å². The van der Waals surface area contributed by atoms with Gasteiger partial charge in [0, 0.05) is 18.2 Å². The molecule has 0 atom stereocenters. The maximum Gasteiger partial charge on any atom is 0.227 e. The fourth-order valence-corrected chi connectivity index (χ4v) is 2.24. The SMILES string of the molecule is N[C@H]1CC[C@H](C(=O)Nc2cnccc2Cl)CC1. The van der Waals surface area contributed by atoms with Gasteiger partial charge in [-0.1, -0.05) is 11.6 Å². The molecule has 1 amide bonds. The van der Waals surface area contributed by atoms with Crippen LogP contribution in [0.15, 0.2) is 18.5 Å². The van der Waals surface area contributed by atoms with E-state index in [9.17, 15) is 4.79 Å². The Labute approximate surface area is 106 Å².